The Morgan fingerprint density at radius 2 is 1.57 bits per heavy atom. The summed E-state index contributed by atoms with van der Waals surface area (Å²) in [6, 6.07) is 16.0. The van der Waals surface area contributed by atoms with Crippen molar-refractivity contribution in [3.63, 3.8) is 0 Å². The number of carbonyl (C=O) groups excluding carboxylic acids is 1. The molecule has 4 nitrogen and oxygen atoms in total. The molecule has 2 rings (SSSR count). The number of rotatable bonds is 5. The standard InChI is InChI=1S/C17H17NO3/c1-12(11-13-7-3-2-4-8-13)18-16(19)14-9-5-6-10-15(14)17(20)21/h2-10,12H,11H2,1H3,(H,18,19)(H,20,21)/t12-/m1/s1. The maximum atomic E-state index is 12.2. The minimum absolute atomic E-state index is 0.0157. The van der Waals surface area contributed by atoms with Crippen molar-refractivity contribution in [1.82, 2.24) is 5.32 Å². The zero-order chi connectivity index (χ0) is 15.2. The number of carboxylic acid groups (broad SMARTS) is 1. The van der Waals surface area contributed by atoms with Gasteiger partial charge in [0.2, 0.25) is 0 Å². The molecule has 0 saturated heterocycles. The quantitative estimate of drug-likeness (QED) is 0.886. The van der Waals surface area contributed by atoms with Gasteiger partial charge in [-0.05, 0) is 31.0 Å². The Balaban J connectivity index is 2.06. The van der Waals surface area contributed by atoms with Crippen LogP contribution in [0.5, 0.6) is 0 Å². The lowest BCUT2D eigenvalue weighted by atomic mass is 10.0. The molecule has 2 aromatic rings. The van der Waals surface area contributed by atoms with E-state index >= 15 is 0 Å². The van der Waals surface area contributed by atoms with E-state index in [4.69, 9.17) is 5.11 Å². The molecule has 0 saturated carbocycles. The van der Waals surface area contributed by atoms with Gasteiger partial charge in [-0.3, -0.25) is 4.79 Å². The molecule has 0 aromatic heterocycles. The lowest BCUT2D eigenvalue weighted by Gasteiger charge is -2.15. The first kappa shape index (κ1) is 14.8. The molecule has 21 heavy (non-hydrogen) atoms. The third kappa shape index (κ3) is 3.92. The van der Waals surface area contributed by atoms with E-state index in [-0.39, 0.29) is 23.1 Å². The molecule has 0 aliphatic carbocycles. The third-order valence-electron chi connectivity index (χ3n) is 3.16. The fourth-order valence-electron chi connectivity index (χ4n) is 2.19. The van der Waals surface area contributed by atoms with Crippen LogP contribution in [0.4, 0.5) is 0 Å². The lowest BCUT2D eigenvalue weighted by Crippen LogP contribution is -2.34. The van der Waals surface area contributed by atoms with Gasteiger partial charge in [0.05, 0.1) is 11.1 Å². The Hall–Kier alpha value is -2.62. The summed E-state index contributed by atoms with van der Waals surface area (Å²) < 4.78 is 0. The Morgan fingerprint density at radius 1 is 1.00 bits per heavy atom. The van der Waals surface area contributed by atoms with Crippen LogP contribution >= 0.6 is 0 Å². The monoisotopic (exact) mass is 283 g/mol. The van der Waals surface area contributed by atoms with Crippen LogP contribution in [-0.2, 0) is 6.42 Å². The minimum Gasteiger partial charge on any atom is -0.478 e. The van der Waals surface area contributed by atoms with Gasteiger partial charge in [0.15, 0.2) is 0 Å². The highest BCUT2D eigenvalue weighted by molar-refractivity contribution is 6.04. The molecule has 0 aliphatic heterocycles. The van der Waals surface area contributed by atoms with Crippen molar-refractivity contribution >= 4 is 11.9 Å². The summed E-state index contributed by atoms with van der Waals surface area (Å²) in [6.45, 7) is 1.90. The van der Waals surface area contributed by atoms with Crippen molar-refractivity contribution < 1.29 is 14.7 Å². The Labute approximate surface area is 123 Å². The van der Waals surface area contributed by atoms with E-state index in [1.807, 2.05) is 37.3 Å². The smallest absolute Gasteiger partial charge is 0.336 e. The zero-order valence-corrected chi connectivity index (χ0v) is 11.7. The summed E-state index contributed by atoms with van der Waals surface area (Å²) in [5.74, 6) is -1.46. The molecule has 0 unspecified atom stereocenters. The van der Waals surface area contributed by atoms with Crippen LogP contribution < -0.4 is 5.32 Å². The molecule has 0 spiro atoms. The van der Waals surface area contributed by atoms with E-state index in [1.54, 1.807) is 12.1 Å². The number of amides is 1. The van der Waals surface area contributed by atoms with Crippen molar-refractivity contribution in [3.8, 4) is 0 Å². The molecular weight excluding hydrogens is 266 g/mol. The molecule has 0 fully saturated rings. The summed E-state index contributed by atoms with van der Waals surface area (Å²) >= 11 is 0. The van der Waals surface area contributed by atoms with Gasteiger partial charge in [0, 0.05) is 6.04 Å². The molecular formula is C17H17NO3. The van der Waals surface area contributed by atoms with Gasteiger partial charge in [-0.1, -0.05) is 42.5 Å². The fraction of sp³-hybridized carbons (Fsp3) is 0.176. The van der Waals surface area contributed by atoms with Crippen LogP contribution in [-0.4, -0.2) is 23.0 Å². The van der Waals surface area contributed by atoms with Crippen LogP contribution in [0.3, 0.4) is 0 Å². The van der Waals surface area contributed by atoms with Crippen LogP contribution in [0.2, 0.25) is 0 Å². The predicted molar refractivity (Wildman–Crippen MR) is 80.5 cm³/mol. The van der Waals surface area contributed by atoms with Crippen molar-refractivity contribution in [2.45, 2.75) is 19.4 Å². The Bertz CT molecular complexity index is 637. The van der Waals surface area contributed by atoms with Crippen LogP contribution in [0.15, 0.2) is 54.6 Å². The van der Waals surface area contributed by atoms with E-state index in [0.29, 0.717) is 6.42 Å². The second-order valence-corrected chi connectivity index (χ2v) is 4.91. The van der Waals surface area contributed by atoms with Gasteiger partial charge >= 0.3 is 5.97 Å². The highest BCUT2D eigenvalue weighted by Gasteiger charge is 2.17. The fourth-order valence-corrected chi connectivity index (χ4v) is 2.19. The summed E-state index contributed by atoms with van der Waals surface area (Å²) in [6.07, 6.45) is 0.696. The van der Waals surface area contributed by atoms with Gasteiger partial charge in [0.1, 0.15) is 0 Å². The first-order chi connectivity index (χ1) is 10.1. The Kier molecular flexibility index (Phi) is 4.72. The molecule has 0 radical (unpaired) electrons. The minimum atomic E-state index is -1.10. The highest BCUT2D eigenvalue weighted by atomic mass is 16.4. The van der Waals surface area contributed by atoms with Crippen molar-refractivity contribution in [3.05, 3.63) is 71.3 Å². The third-order valence-corrected chi connectivity index (χ3v) is 3.16. The maximum absolute atomic E-state index is 12.2. The molecule has 0 bridgehead atoms. The first-order valence-corrected chi connectivity index (χ1v) is 6.75. The first-order valence-electron chi connectivity index (χ1n) is 6.75. The summed E-state index contributed by atoms with van der Waals surface area (Å²) in [5, 5.41) is 11.9. The molecule has 0 aliphatic rings. The van der Waals surface area contributed by atoms with Gasteiger partial charge in [-0.2, -0.15) is 0 Å². The van der Waals surface area contributed by atoms with Crippen molar-refractivity contribution in [2.24, 2.45) is 0 Å². The molecule has 4 heteroatoms. The average molecular weight is 283 g/mol. The van der Waals surface area contributed by atoms with Gasteiger partial charge < -0.3 is 10.4 Å². The lowest BCUT2D eigenvalue weighted by molar-refractivity contribution is 0.0690. The molecule has 1 atom stereocenters. The van der Waals surface area contributed by atoms with Crippen molar-refractivity contribution in [1.29, 1.82) is 0 Å². The van der Waals surface area contributed by atoms with Crippen LogP contribution in [0.25, 0.3) is 0 Å². The average Bonchev–Trinajstić information content (AvgIpc) is 2.48. The highest BCUT2D eigenvalue weighted by Crippen LogP contribution is 2.10. The van der Waals surface area contributed by atoms with Gasteiger partial charge in [0.25, 0.3) is 5.91 Å². The number of nitrogens with one attached hydrogen (secondary N) is 1. The van der Waals surface area contributed by atoms with E-state index < -0.39 is 5.97 Å². The van der Waals surface area contributed by atoms with Gasteiger partial charge in [-0.15, -0.1) is 0 Å². The van der Waals surface area contributed by atoms with Crippen LogP contribution in [0, 0.1) is 0 Å². The topological polar surface area (TPSA) is 66.4 Å². The van der Waals surface area contributed by atoms with E-state index in [9.17, 15) is 9.59 Å². The van der Waals surface area contributed by atoms with E-state index in [1.165, 1.54) is 12.1 Å². The number of carboxylic acids is 1. The summed E-state index contributed by atoms with van der Waals surface area (Å²) in [4.78, 5) is 23.3. The molecule has 2 N–H and O–H groups in total. The van der Waals surface area contributed by atoms with Gasteiger partial charge in [-0.25, -0.2) is 4.79 Å². The molecule has 1 amide bonds. The van der Waals surface area contributed by atoms with E-state index in [2.05, 4.69) is 5.32 Å². The summed E-state index contributed by atoms with van der Waals surface area (Å²) in [7, 11) is 0. The second kappa shape index (κ2) is 6.70. The Morgan fingerprint density at radius 3 is 2.19 bits per heavy atom. The molecule has 108 valence electrons. The maximum Gasteiger partial charge on any atom is 0.336 e. The number of hydrogen-bond donors (Lipinski definition) is 2. The number of benzene rings is 2. The molecule has 2 aromatic carbocycles. The van der Waals surface area contributed by atoms with Crippen molar-refractivity contribution in [2.75, 3.05) is 0 Å². The van der Waals surface area contributed by atoms with Crippen LogP contribution in [0.1, 0.15) is 33.2 Å². The molecule has 0 heterocycles. The number of hydrogen-bond acceptors (Lipinski definition) is 2. The number of carbonyl (C=O) groups is 2. The predicted octanol–water partition coefficient (Wildman–Crippen LogP) is 2.75. The zero-order valence-electron chi connectivity index (χ0n) is 11.7. The second-order valence-electron chi connectivity index (χ2n) is 4.91. The SMILES string of the molecule is C[C@H](Cc1ccccc1)NC(=O)c1ccccc1C(=O)O. The number of aromatic carboxylic acids is 1. The summed E-state index contributed by atoms with van der Waals surface area (Å²) in [5.41, 5.74) is 1.32. The van der Waals surface area contributed by atoms with E-state index in [0.717, 1.165) is 5.56 Å². The largest absolute Gasteiger partial charge is 0.478 e. The normalized spacial score (nSPS) is 11.7.